The fourth-order valence-electron chi connectivity index (χ4n) is 3.93. The molecule has 0 bridgehead atoms. The summed E-state index contributed by atoms with van der Waals surface area (Å²) < 4.78 is 0. The predicted octanol–water partition coefficient (Wildman–Crippen LogP) is 3.31. The van der Waals surface area contributed by atoms with Crippen LogP contribution >= 0.6 is 0 Å². The molecule has 0 aromatic rings. The summed E-state index contributed by atoms with van der Waals surface area (Å²) in [5.41, 5.74) is 6.99. The van der Waals surface area contributed by atoms with Crippen molar-refractivity contribution in [3.8, 4) is 0 Å². The lowest BCUT2D eigenvalue weighted by Crippen LogP contribution is -2.50. The lowest BCUT2D eigenvalue weighted by Gasteiger charge is -2.33. The van der Waals surface area contributed by atoms with Crippen LogP contribution in [0, 0.1) is 17.3 Å². The van der Waals surface area contributed by atoms with Crippen molar-refractivity contribution in [1.29, 1.82) is 0 Å². The SMILES string of the molecule is CC(C)CC1(CNCC(C)(N)C2CC2)CCCC1. The third-order valence-electron chi connectivity index (χ3n) is 5.02. The molecule has 0 heterocycles. The molecule has 0 aromatic heterocycles. The van der Waals surface area contributed by atoms with Gasteiger partial charge in [0.05, 0.1) is 0 Å². The maximum atomic E-state index is 6.39. The average molecular weight is 252 g/mol. The van der Waals surface area contributed by atoms with Crippen LogP contribution in [0.2, 0.25) is 0 Å². The highest BCUT2D eigenvalue weighted by Crippen LogP contribution is 2.43. The first kappa shape index (κ1) is 14.3. The zero-order chi connectivity index (χ0) is 13.2. The van der Waals surface area contributed by atoms with Crippen molar-refractivity contribution in [2.75, 3.05) is 13.1 Å². The highest BCUT2D eigenvalue weighted by atomic mass is 15.0. The van der Waals surface area contributed by atoms with Gasteiger partial charge in [-0.25, -0.2) is 0 Å². The Morgan fingerprint density at radius 2 is 1.89 bits per heavy atom. The van der Waals surface area contributed by atoms with E-state index in [1.54, 1.807) is 0 Å². The molecular formula is C16H32N2. The monoisotopic (exact) mass is 252 g/mol. The lowest BCUT2D eigenvalue weighted by atomic mass is 9.78. The Bertz CT molecular complexity index is 260. The van der Waals surface area contributed by atoms with Gasteiger partial charge in [0.1, 0.15) is 0 Å². The van der Waals surface area contributed by atoms with Crippen molar-refractivity contribution < 1.29 is 0 Å². The van der Waals surface area contributed by atoms with Crippen molar-refractivity contribution in [3.05, 3.63) is 0 Å². The quantitative estimate of drug-likeness (QED) is 0.729. The summed E-state index contributed by atoms with van der Waals surface area (Å²) in [7, 11) is 0. The molecule has 0 radical (unpaired) electrons. The van der Waals surface area contributed by atoms with Crippen LogP contribution < -0.4 is 11.1 Å². The van der Waals surface area contributed by atoms with Gasteiger partial charge in [-0.3, -0.25) is 0 Å². The van der Waals surface area contributed by atoms with Crippen LogP contribution in [0.3, 0.4) is 0 Å². The minimum Gasteiger partial charge on any atom is -0.324 e. The molecule has 0 spiro atoms. The third-order valence-corrected chi connectivity index (χ3v) is 5.02. The van der Waals surface area contributed by atoms with Crippen molar-refractivity contribution in [2.45, 2.75) is 71.3 Å². The molecule has 18 heavy (non-hydrogen) atoms. The molecule has 1 atom stereocenters. The van der Waals surface area contributed by atoms with Gasteiger partial charge in [-0.05, 0) is 56.3 Å². The first-order valence-corrected chi connectivity index (χ1v) is 7.93. The van der Waals surface area contributed by atoms with E-state index in [1.165, 1.54) is 51.5 Å². The van der Waals surface area contributed by atoms with Gasteiger partial charge in [-0.2, -0.15) is 0 Å². The van der Waals surface area contributed by atoms with Gasteiger partial charge in [0.25, 0.3) is 0 Å². The summed E-state index contributed by atoms with van der Waals surface area (Å²) in [6, 6.07) is 0. The van der Waals surface area contributed by atoms with Gasteiger partial charge in [-0.15, -0.1) is 0 Å². The van der Waals surface area contributed by atoms with E-state index in [1.807, 2.05) is 0 Å². The third kappa shape index (κ3) is 3.71. The smallest absolute Gasteiger partial charge is 0.0280 e. The van der Waals surface area contributed by atoms with Gasteiger partial charge in [0, 0.05) is 18.6 Å². The number of nitrogens with two attached hydrogens (primary N) is 1. The Labute approximate surface area is 113 Å². The van der Waals surface area contributed by atoms with Crippen molar-refractivity contribution >= 4 is 0 Å². The van der Waals surface area contributed by atoms with E-state index in [0.29, 0.717) is 5.41 Å². The molecule has 2 rings (SSSR count). The van der Waals surface area contributed by atoms with Crippen LogP contribution in [0.25, 0.3) is 0 Å². The Balaban J connectivity index is 1.79. The maximum Gasteiger partial charge on any atom is 0.0280 e. The van der Waals surface area contributed by atoms with Crippen LogP contribution in [0.4, 0.5) is 0 Å². The highest BCUT2D eigenvalue weighted by molar-refractivity contribution is 4.97. The van der Waals surface area contributed by atoms with Crippen LogP contribution in [0.5, 0.6) is 0 Å². The van der Waals surface area contributed by atoms with Crippen LogP contribution in [-0.2, 0) is 0 Å². The van der Waals surface area contributed by atoms with Crippen molar-refractivity contribution in [2.24, 2.45) is 23.0 Å². The van der Waals surface area contributed by atoms with Crippen LogP contribution in [-0.4, -0.2) is 18.6 Å². The van der Waals surface area contributed by atoms with Gasteiger partial charge >= 0.3 is 0 Å². The Kier molecular flexibility index (Phi) is 4.38. The molecule has 2 heteroatoms. The fourth-order valence-corrected chi connectivity index (χ4v) is 3.93. The number of nitrogens with one attached hydrogen (secondary N) is 1. The van der Waals surface area contributed by atoms with E-state index >= 15 is 0 Å². The van der Waals surface area contributed by atoms with E-state index in [-0.39, 0.29) is 5.54 Å². The summed E-state index contributed by atoms with van der Waals surface area (Å²) in [5.74, 6) is 1.59. The Morgan fingerprint density at radius 1 is 1.28 bits per heavy atom. The second-order valence-corrected chi connectivity index (χ2v) is 7.69. The largest absolute Gasteiger partial charge is 0.324 e. The average Bonchev–Trinajstić information content (AvgIpc) is 3.02. The summed E-state index contributed by atoms with van der Waals surface area (Å²) in [4.78, 5) is 0. The number of hydrogen-bond donors (Lipinski definition) is 2. The molecule has 0 saturated heterocycles. The first-order valence-electron chi connectivity index (χ1n) is 7.93. The molecule has 3 N–H and O–H groups in total. The maximum absolute atomic E-state index is 6.39. The summed E-state index contributed by atoms with van der Waals surface area (Å²) in [6.45, 7) is 9.12. The Hall–Kier alpha value is -0.0800. The first-order chi connectivity index (χ1) is 8.44. The second-order valence-electron chi connectivity index (χ2n) is 7.69. The second kappa shape index (κ2) is 5.50. The molecule has 106 valence electrons. The van der Waals surface area contributed by atoms with E-state index in [4.69, 9.17) is 5.73 Å². The highest BCUT2D eigenvalue weighted by Gasteiger charge is 2.39. The summed E-state index contributed by atoms with van der Waals surface area (Å²) >= 11 is 0. The molecular weight excluding hydrogens is 220 g/mol. The van der Waals surface area contributed by atoms with Crippen LogP contribution in [0.15, 0.2) is 0 Å². The molecule has 0 aliphatic heterocycles. The van der Waals surface area contributed by atoms with E-state index in [0.717, 1.165) is 18.4 Å². The van der Waals surface area contributed by atoms with Crippen molar-refractivity contribution in [3.63, 3.8) is 0 Å². The Morgan fingerprint density at radius 3 is 2.39 bits per heavy atom. The minimum absolute atomic E-state index is 0.0254. The minimum atomic E-state index is 0.0254. The molecule has 0 amide bonds. The molecule has 2 saturated carbocycles. The zero-order valence-electron chi connectivity index (χ0n) is 12.6. The summed E-state index contributed by atoms with van der Waals surface area (Å²) in [5, 5.41) is 3.71. The van der Waals surface area contributed by atoms with Crippen molar-refractivity contribution in [1.82, 2.24) is 5.32 Å². The zero-order valence-corrected chi connectivity index (χ0v) is 12.6. The van der Waals surface area contributed by atoms with E-state index in [9.17, 15) is 0 Å². The molecule has 0 aromatic carbocycles. The molecule has 2 aliphatic carbocycles. The van der Waals surface area contributed by atoms with Gasteiger partial charge in [0.15, 0.2) is 0 Å². The lowest BCUT2D eigenvalue weighted by molar-refractivity contribution is 0.215. The van der Waals surface area contributed by atoms with E-state index < -0.39 is 0 Å². The standard InChI is InChI=1S/C16H32N2/c1-13(2)10-16(8-4-5-9-16)12-18-11-15(3,17)14-6-7-14/h13-14,18H,4-12,17H2,1-3H3. The van der Waals surface area contributed by atoms with Gasteiger partial charge in [0.2, 0.25) is 0 Å². The topological polar surface area (TPSA) is 38.0 Å². The van der Waals surface area contributed by atoms with Gasteiger partial charge < -0.3 is 11.1 Å². The molecule has 2 fully saturated rings. The number of hydrogen-bond acceptors (Lipinski definition) is 2. The van der Waals surface area contributed by atoms with Gasteiger partial charge in [-0.1, -0.05) is 26.7 Å². The number of rotatable bonds is 7. The summed E-state index contributed by atoms with van der Waals surface area (Å²) in [6.07, 6.45) is 9.75. The normalized spacial score (nSPS) is 26.5. The molecule has 2 nitrogen and oxygen atoms in total. The van der Waals surface area contributed by atoms with E-state index in [2.05, 4.69) is 26.1 Å². The fraction of sp³-hybridized carbons (Fsp3) is 1.00. The molecule has 2 aliphatic rings. The van der Waals surface area contributed by atoms with Crippen LogP contribution in [0.1, 0.15) is 65.7 Å². The predicted molar refractivity (Wildman–Crippen MR) is 78.5 cm³/mol. The molecule has 1 unspecified atom stereocenters.